The number of allylic oxidation sites excluding steroid dienone is 1. The molecule has 8 nitrogen and oxygen atoms in total. The predicted molar refractivity (Wildman–Crippen MR) is 118 cm³/mol. The van der Waals surface area contributed by atoms with Gasteiger partial charge in [0.25, 0.3) is 0 Å². The van der Waals surface area contributed by atoms with Gasteiger partial charge in [0.2, 0.25) is 5.91 Å². The maximum absolute atomic E-state index is 13.2. The van der Waals surface area contributed by atoms with Crippen LogP contribution in [-0.2, 0) is 20.7 Å². The Hall–Kier alpha value is -2.90. The van der Waals surface area contributed by atoms with E-state index in [1.807, 2.05) is 4.57 Å². The number of hydrogen-bond acceptors (Lipinski definition) is 5. The maximum atomic E-state index is 13.2. The molecule has 168 valence electrons. The van der Waals surface area contributed by atoms with Crippen molar-refractivity contribution in [1.29, 1.82) is 0 Å². The number of pyridine rings is 1. The summed E-state index contributed by atoms with van der Waals surface area (Å²) in [6, 6.07) is 0.0966. The summed E-state index contributed by atoms with van der Waals surface area (Å²) in [5, 5.41) is 2.84. The number of fused-ring (bicyclic) bond motifs is 3. The summed E-state index contributed by atoms with van der Waals surface area (Å²) in [6.45, 7) is 1.99. The quantitative estimate of drug-likeness (QED) is 0.700. The number of imidazole rings is 1. The fourth-order valence-corrected chi connectivity index (χ4v) is 7.34. The molecule has 0 radical (unpaired) electrons. The van der Waals surface area contributed by atoms with E-state index < -0.39 is 11.4 Å². The molecule has 0 aromatic carbocycles. The van der Waals surface area contributed by atoms with Gasteiger partial charge in [-0.05, 0) is 56.8 Å². The molecule has 32 heavy (non-hydrogen) atoms. The average molecular weight is 437 g/mol. The zero-order valence-electron chi connectivity index (χ0n) is 18.2. The molecule has 8 heteroatoms. The third-order valence-electron chi connectivity index (χ3n) is 8.17. The highest BCUT2D eigenvalue weighted by atomic mass is 16.5. The van der Waals surface area contributed by atoms with E-state index in [1.54, 1.807) is 13.1 Å². The number of carbonyl (C=O) groups is 2. The van der Waals surface area contributed by atoms with Gasteiger partial charge in [-0.15, -0.1) is 0 Å². The van der Waals surface area contributed by atoms with Crippen LogP contribution in [0, 0.1) is 23.2 Å². The van der Waals surface area contributed by atoms with Crippen LogP contribution in [0.4, 0.5) is 0 Å². The number of esters is 1. The molecule has 4 saturated carbocycles. The highest BCUT2D eigenvalue weighted by Crippen LogP contribution is 2.63. The number of aromatic nitrogens is 3. The second kappa shape index (κ2) is 7.05. The van der Waals surface area contributed by atoms with E-state index >= 15 is 0 Å². The summed E-state index contributed by atoms with van der Waals surface area (Å²) in [4.78, 5) is 45.7. The molecule has 5 aliphatic carbocycles. The van der Waals surface area contributed by atoms with Crippen LogP contribution < -0.4 is 11.0 Å². The number of carbonyl (C=O) groups excluding carboxylic acids is 2. The first-order chi connectivity index (χ1) is 15.5. The van der Waals surface area contributed by atoms with Crippen LogP contribution in [0.25, 0.3) is 17.1 Å². The van der Waals surface area contributed by atoms with Crippen molar-refractivity contribution >= 4 is 29.0 Å². The molecule has 2 aromatic heterocycles. The molecule has 0 saturated heterocycles. The van der Waals surface area contributed by atoms with Crippen LogP contribution in [0.15, 0.2) is 17.1 Å². The summed E-state index contributed by atoms with van der Waals surface area (Å²) in [5.41, 5.74) is 3.32. The lowest BCUT2D eigenvalue weighted by Crippen LogP contribution is -2.58. The number of aromatic amines is 1. The van der Waals surface area contributed by atoms with Crippen LogP contribution in [-0.4, -0.2) is 39.6 Å². The highest BCUT2D eigenvalue weighted by molar-refractivity contribution is 5.88. The molecule has 2 aromatic rings. The number of nitrogens with one attached hydrogen (secondary N) is 2. The van der Waals surface area contributed by atoms with E-state index in [0.29, 0.717) is 12.5 Å². The molecule has 4 bridgehead atoms. The molecule has 0 aliphatic heterocycles. The van der Waals surface area contributed by atoms with E-state index in [2.05, 4.69) is 27.4 Å². The van der Waals surface area contributed by atoms with Crippen molar-refractivity contribution in [3.8, 4) is 0 Å². The number of ether oxygens (including phenoxy) is 1. The van der Waals surface area contributed by atoms with Gasteiger partial charge >= 0.3 is 11.7 Å². The molecule has 2 unspecified atom stereocenters. The third kappa shape index (κ3) is 2.81. The molecule has 2 atom stereocenters. The van der Waals surface area contributed by atoms with Gasteiger partial charge in [0.05, 0.1) is 34.9 Å². The minimum atomic E-state index is -0.432. The Morgan fingerprint density at radius 2 is 2.06 bits per heavy atom. The van der Waals surface area contributed by atoms with Crippen molar-refractivity contribution in [2.75, 3.05) is 13.2 Å². The summed E-state index contributed by atoms with van der Waals surface area (Å²) < 4.78 is 6.95. The Balaban J connectivity index is 1.33. The lowest BCUT2D eigenvalue weighted by Gasteiger charge is -2.59. The van der Waals surface area contributed by atoms with Crippen molar-refractivity contribution in [2.24, 2.45) is 23.2 Å². The molecule has 2 N–H and O–H groups in total. The molecule has 5 aliphatic rings. The first-order valence-electron chi connectivity index (χ1n) is 11.7. The predicted octanol–water partition coefficient (Wildman–Crippen LogP) is 2.34. The zero-order chi connectivity index (χ0) is 22.0. The van der Waals surface area contributed by atoms with Crippen molar-refractivity contribution in [2.45, 2.75) is 51.5 Å². The lowest BCUT2D eigenvalue weighted by atomic mass is 9.47. The van der Waals surface area contributed by atoms with Gasteiger partial charge in [0.15, 0.2) is 0 Å². The van der Waals surface area contributed by atoms with Gasteiger partial charge in [0.1, 0.15) is 6.54 Å². The standard InChI is InChI=1S/C24H28N4O4/c1-2-32-19(29)12-26-22(30)24-8-13-6-14(9-24)20(15(7-13)10-24)28-21-16-4-3-5-17(16)25-11-18(21)27-23(28)31/h3-4,11,13-15,20H,2,5-10,12H2,1H3,(H,26,30)(H,27,31). The Kier molecular flexibility index (Phi) is 4.35. The number of rotatable bonds is 5. The number of nitrogens with zero attached hydrogens (tertiary/aromatic N) is 2. The molecule has 7 rings (SSSR count). The van der Waals surface area contributed by atoms with Crippen molar-refractivity contribution in [3.63, 3.8) is 0 Å². The summed E-state index contributed by atoms with van der Waals surface area (Å²) >= 11 is 0. The van der Waals surface area contributed by atoms with Gasteiger partial charge in [0, 0.05) is 18.0 Å². The lowest BCUT2D eigenvalue weighted by molar-refractivity contribution is -0.154. The maximum Gasteiger partial charge on any atom is 0.326 e. The Labute approximate surface area is 185 Å². The van der Waals surface area contributed by atoms with Gasteiger partial charge in [-0.3, -0.25) is 19.1 Å². The van der Waals surface area contributed by atoms with Gasteiger partial charge in [-0.2, -0.15) is 0 Å². The average Bonchev–Trinajstić information content (AvgIpc) is 3.35. The Morgan fingerprint density at radius 3 is 2.81 bits per heavy atom. The first kappa shape index (κ1) is 19.8. The SMILES string of the molecule is CCOC(=O)CNC(=O)C12CC3CC(C1)C(n1c(=O)[nH]c4cnc5c(c41)C=CC5)C(C3)C2. The molecular formula is C24H28N4O4. The fourth-order valence-electron chi connectivity index (χ4n) is 7.34. The van der Waals surface area contributed by atoms with E-state index in [-0.39, 0.29) is 36.0 Å². The highest BCUT2D eigenvalue weighted by Gasteiger charge is 2.59. The van der Waals surface area contributed by atoms with Gasteiger partial charge < -0.3 is 15.0 Å². The monoisotopic (exact) mass is 436 g/mol. The normalized spacial score (nSPS) is 31.8. The fraction of sp³-hybridized carbons (Fsp3) is 0.583. The molecule has 4 fully saturated rings. The minimum Gasteiger partial charge on any atom is -0.465 e. The van der Waals surface area contributed by atoms with Crippen LogP contribution in [0.5, 0.6) is 0 Å². The molecular weight excluding hydrogens is 408 g/mol. The molecule has 2 heterocycles. The van der Waals surface area contributed by atoms with Crippen LogP contribution in [0.3, 0.4) is 0 Å². The van der Waals surface area contributed by atoms with E-state index in [1.165, 1.54) is 0 Å². The molecule has 1 amide bonds. The number of H-pyrrole nitrogens is 1. The van der Waals surface area contributed by atoms with E-state index in [9.17, 15) is 14.4 Å². The molecule has 0 spiro atoms. The second-order valence-corrected chi connectivity index (χ2v) is 10.0. The summed E-state index contributed by atoms with van der Waals surface area (Å²) in [6.07, 6.45) is 11.3. The van der Waals surface area contributed by atoms with Crippen molar-refractivity contribution in [1.82, 2.24) is 19.9 Å². The largest absolute Gasteiger partial charge is 0.465 e. The smallest absolute Gasteiger partial charge is 0.326 e. The number of hydrogen-bond donors (Lipinski definition) is 2. The second-order valence-electron chi connectivity index (χ2n) is 10.0. The number of amides is 1. The summed E-state index contributed by atoms with van der Waals surface area (Å²) in [5.74, 6) is 0.637. The Bertz CT molecular complexity index is 1190. The summed E-state index contributed by atoms with van der Waals surface area (Å²) in [7, 11) is 0. The van der Waals surface area contributed by atoms with Crippen LogP contribution in [0.1, 0.15) is 56.3 Å². The zero-order valence-corrected chi connectivity index (χ0v) is 18.2. The van der Waals surface area contributed by atoms with Gasteiger partial charge in [-0.1, -0.05) is 12.2 Å². The van der Waals surface area contributed by atoms with Crippen molar-refractivity contribution < 1.29 is 14.3 Å². The minimum absolute atomic E-state index is 0.0253. The topological polar surface area (TPSA) is 106 Å². The van der Waals surface area contributed by atoms with Gasteiger partial charge in [-0.25, -0.2) is 4.79 Å². The van der Waals surface area contributed by atoms with E-state index in [4.69, 9.17) is 4.74 Å². The Morgan fingerprint density at radius 1 is 1.28 bits per heavy atom. The van der Waals surface area contributed by atoms with Crippen LogP contribution >= 0.6 is 0 Å². The third-order valence-corrected chi connectivity index (χ3v) is 8.17. The first-order valence-corrected chi connectivity index (χ1v) is 11.7. The van der Waals surface area contributed by atoms with E-state index in [0.717, 1.165) is 60.8 Å². The van der Waals surface area contributed by atoms with Crippen LogP contribution in [0.2, 0.25) is 0 Å². The van der Waals surface area contributed by atoms with Crippen molar-refractivity contribution in [3.05, 3.63) is 34.0 Å².